The Balaban J connectivity index is 2.16. The Kier molecular flexibility index (Phi) is 5.83. The maximum atomic E-state index is 13.0. The summed E-state index contributed by atoms with van der Waals surface area (Å²) in [4.78, 5) is 0. The van der Waals surface area contributed by atoms with Crippen molar-refractivity contribution in [2.75, 3.05) is 6.61 Å². The summed E-state index contributed by atoms with van der Waals surface area (Å²) in [5.74, 6) is 0.385. The lowest BCUT2D eigenvalue weighted by molar-refractivity contribution is 0.115. The van der Waals surface area contributed by atoms with Crippen LogP contribution >= 0.6 is 0 Å². The van der Waals surface area contributed by atoms with Gasteiger partial charge < -0.3 is 9.16 Å². The zero-order chi connectivity index (χ0) is 17.8. The van der Waals surface area contributed by atoms with E-state index in [9.17, 15) is 4.39 Å². The predicted octanol–water partition coefficient (Wildman–Crippen LogP) is 5.97. The molecule has 0 spiro atoms. The predicted molar refractivity (Wildman–Crippen MR) is 99.4 cm³/mol. The van der Waals surface area contributed by atoms with Gasteiger partial charge in [0.05, 0.1) is 0 Å². The van der Waals surface area contributed by atoms with Crippen LogP contribution in [-0.2, 0) is 4.43 Å². The Morgan fingerprint density at radius 1 is 0.958 bits per heavy atom. The highest BCUT2D eigenvalue weighted by atomic mass is 28.4. The summed E-state index contributed by atoms with van der Waals surface area (Å²) in [7, 11) is -1.94. The molecule has 0 fully saturated rings. The molecule has 1 unspecified atom stereocenters. The Labute approximate surface area is 145 Å². The van der Waals surface area contributed by atoms with E-state index in [1.54, 1.807) is 12.1 Å². The van der Waals surface area contributed by atoms with Crippen molar-refractivity contribution in [3.05, 3.63) is 66.0 Å². The van der Waals surface area contributed by atoms with E-state index in [-0.39, 0.29) is 17.0 Å². The van der Waals surface area contributed by atoms with Gasteiger partial charge in [-0.1, -0.05) is 51.1 Å². The van der Waals surface area contributed by atoms with E-state index in [4.69, 9.17) is 9.16 Å². The highest BCUT2D eigenvalue weighted by Gasteiger charge is 2.39. The number of rotatable bonds is 6. The summed E-state index contributed by atoms with van der Waals surface area (Å²) >= 11 is 0. The van der Waals surface area contributed by atoms with Gasteiger partial charge in [-0.3, -0.25) is 0 Å². The average Bonchev–Trinajstić information content (AvgIpc) is 2.52. The molecule has 0 radical (unpaired) electrons. The maximum Gasteiger partial charge on any atom is 0.193 e. The van der Waals surface area contributed by atoms with Gasteiger partial charge in [-0.2, -0.15) is 0 Å². The van der Waals surface area contributed by atoms with Gasteiger partial charge in [-0.25, -0.2) is 4.39 Å². The van der Waals surface area contributed by atoms with Crippen molar-refractivity contribution in [3.8, 4) is 5.75 Å². The molecule has 0 bridgehead atoms. The Morgan fingerprint density at radius 3 is 2.08 bits per heavy atom. The molecule has 4 heteroatoms. The first-order chi connectivity index (χ1) is 11.2. The topological polar surface area (TPSA) is 18.5 Å². The van der Waals surface area contributed by atoms with E-state index in [1.807, 2.05) is 18.2 Å². The van der Waals surface area contributed by atoms with Gasteiger partial charge in [0.2, 0.25) is 0 Å². The molecule has 2 nitrogen and oxygen atoms in total. The molecule has 0 heterocycles. The van der Waals surface area contributed by atoms with Gasteiger partial charge in [0, 0.05) is 0 Å². The Bertz CT molecular complexity index is 633. The zero-order valence-corrected chi connectivity index (χ0v) is 16.2. The van der Waals surface area contributed by atoms with E-state index in [0.29, 0.717) is 12.4 Å². The fourth-order valence-corrected chi connectivity index (χ4v) is 3.37. The van der Waals surface area contributed by atoms with Gasteiger partial charge in [-0.15, -0.1) is 0 Å². The molecule has 0 aromatic heterocycles. The third-order valence-electron chi connectivity index (χ3n) is 4.63. The minimum atomic E-state index is -1.94. The third-order valence-corrected chi connectivity index (χ3v) is 9.12. The molecule has 24 heavy (non-hydrogen) atoms. The highest BCUT2D eigenvalue weighted by Crippen LogP contribution is 2.39. The molecule has 2 aromatic carbocycles. The molecule has 0 amide bonds. The van der Waals surface area contributed by atoms with Crippen LogP contribution in [0.1, 0.15) is 32.4 Å². The van der Waals surface area contributed by atoms with E-state index in [1.165, 1.54) is 12.1 Å². The molecular weight excluding hydrogens is 319 g/mol. The van der Waals surface area contributed by atoms with Crippen molar-refractivity contribution in [2.45, 2.75) is 45.0 Å². The summed E-state index contributed by atoms with van der Waals surface area (Å²) in [5, 5.41) is 0.121. The summed E-state index contributed by atoms with van der Waals surface area (Å²) in [6.45, 7) is 11.6. The number of benzene rings is 2. The molecule has 1 atom stereocenters. The van der Waals surface area contributed by atoms with E-state index < -0.39 is 8.32 Å². The summed E-state index contributed by atoms with van der Waals surface area (Å²) < 4.78 is 25.5. The quantitative estimate of drug-likeness (QED) is 0.600. The average molecular weight is 347 g/mol. The highest BCUT2D eigenvalue weighted by molar-refractivity contribution is 6.74. The third kappa shape index (κ3) is 4.92. The number of hydrogen-bond donors (Lipinski definition) is 0. The van der Waals surface area contributed by atoms with E-state index in [2.05, 4.69) is 46.0 Å². The van der Waals surface area contributed by atoms with Crippen LogP contribution in [0.4, 0.5) is 4.39 Å². The van der Waals surface area contributed by atoms with Crippen molar-refractivity contribution in [3.63, 3.8) is 0 Å². The van der Waals surface area contributed by atoms with Crippen LogP contribution < -0.4 is 4.74 Å². The Morgan fingerprint density at radius 2 is 1.54 bits per heavy atom. The monoisotopic (exact) mass is 346 g/mol. The molecule has 0 aliphatic rings. The second-order valence-corrected chi connectivity index (χ2v) is 12.3. The van der Waals surface area contributed by atoms with E-state index >= 15 is 0 Å². The molecule has 0 saturated heterocycles. The lowest BCUT2D eigenvalue weighted by Crippen LogP contribution is -2.42. The smallest absolute Gasteiger partial charge is 0.193 e. The molecule has 0 aliphatic carbocycles. The Hall–Kier alpha value is -1.65. The van der Waals surface area contributed by atoms with Crippen molar-refractivity contribution in [2.24, 2.45) is 0 Å². The van der Waals surface area contributed by atoms with Gasteiger partial charge in [0.15, 0.2) is 8.32 Å². The molecule has 0 saturated carbocycles. The summed E-state index contributed by atoms with van der Waals surface area (Å²) in [5.41, 5.74) is 1.10. The van der Waals surface area contributed by atoms with Crippen LogP contribution in [0.25, 0.3) is 0 Å². The largest absolute Gasteiger partial charge is 0.491 e. The SMILES string of the molecule is CC(C)(C)[Si](C)(C)OC(COc1ccc(F)cc1)c1ccccc1. The van der Waals surface area contributed by atoms with Crippen LogP contribution in [-0.4, -0.2) is 14.9 Å². The van der Waals surface area contributed by atoms with Crippen molar-refractivity contribution < 1.29 is 13.6 Å². The fourth-order valence-electron chi connectivity index (χ4n) is 2.10. The van der Waals surface area contributed by atoms with Crippen LogP contribution in [0, 0.1) is 5.82 Å². The first kappa shape index (κ1) is 18.7. The molecule has 2 rings (SSSR count). The molecule has 0 aliphatic heterocycles. The van der Waals surface area contributed by atoms with Gasteiger partial charge in [0.1, 0.15) is 24.3 Å². The first-order valence-electron chi connectivity index (χ1n) is 8.30. The maximum absolute atomic E-state index is 13.0. The van der Waals surface area contributed by atoms with Crippen LogP contribution in [0.5, 0.6) is 5.75 Å². The van der Waals surface area contributed by atoms with E-state index in [0.717, 1.165) is 5.56 Å². The van der Waals surface area contributed by atoms with Crippen LogP contribution in [0.15, 0.2) is 54.6 Å². The fraction of sp³-hybridized carbons (Fsp3) is 0.400. The van der Waals surface area contributed by atoms with Gasteiger partial charge in [0.25, 0.3) is 0 Å². The van der Waals surface area contributed by atoms with Gasteiger partial charge in [-0.05, 0) is 48.0 Å². The first-order valence-corrected chi connectivity index (χ1v) is 11.2. The lowest BCUT2D eigenvalue weighted by Gasteiger charge is -2.39. The molecule has 2 aromatic rings. The van der Waals surface area contributed by atoms with Crippen LogP contribution in [0.2, 0.25) is 18.1 Å². The van der Waals surface area contributed by atoms with Crippen molar-refractivity contribution in [1.82, 2.24) is 0 Å². The van der Waals surface area contributed by atoms with Crippen molar-refractivity contribution in [1.29, 1.82) is 0 Å². The minimum absolute atomic E-state index is 0.121. The molecule has 0 N–H and O–H groups in total. The lowest BCUT2D eigenvalue weighted by atomic mass is 10.1. The number of ether oxygens (including phenoxy) is 1. The number of halogens is 1. The normalized spacial score (nSPS) is 13.6. The summed E-state index contributed by atoms with van der Waals surface area (Å²) in [6.07, 6.45) is -0.142. The number of hydrogen-bond acceptors (Lipinski definition) is 2. The molecular formula is C20H27FO2Si. The van der Waals surface area contributed by atoms with Gasteiger partial charge >= 0.3 is 0 Å². The molecule has 130 valence electrons. The summed E-state index contributed by atoms with van der Waals surface area (Å²) in [6, 6.07) is 16.2. The van der Waals surface area contributed by atoms with Crippen molar-refractivity contribution >= 4 is 8.32 Å². The van der Waals surface area contributed by atoms with Crippen LogP contribution in [0.3, 0.4) is 0 Å². The second kappa shape index (κ2) is 7.49. The minimum Gasteiger partial charge on any atom is -0.491 e. The zero-order valence-electron chi connectivity index (χ0n) is 15.2. The second-order valence-electron chi connectivity index (χ2n) is 7.54. The standard InChI is InChI=1S/C20H27FO2Si/c1-20(2,3)24(4,5)23-19(16-9-7-6-8-10-16)15-22-18-13-11-17(21)12-14-18/h6-14,19H,15H2,1-5H3.